The van der Waals surface area contributed by atoms with E-state index in [1.165, 1.54) is 0 Å². The fourth-order valence-corrected chi connectivity index (χ4v) is 2.47. The summed E-state index contributed by atoms with van der Waals surface area (Å²) in [6.45, 7) is 2.59. The molecule has 4 aromatic rings. The van der Waals surface area contributed by atoms with Crippen molar-refractivity contribution in [3.63, 3.8) is 0 Å². The van der Waals surface area contributed by atoms with Crippen molar-refractivity contribution in [1.82, 2.24) is 24.6 Å². The van der Waals surface area contributed by atoms with Crippen LogP contribution in [0.2, 0.25) is 0 Å². The van der Waals surface area contributed by atoms with E-state index in [1.54, 1.807) is 12.4 Å². The molecular formula is C16H14N6O. The first-order valence-corrected chi connectivity index (χ1v) is 7.21. The molecule has 0 amide bonds. The Kier molecular flexibility index (Phi) is 3.23. The highest BCUT2D eigenvalue weighted by Gasteiger charge is 2.10. The summed E-state index contributed by atoms with van der Waals surface area (Å²) < 4.78 is 7.71. The number of anilines is 1. The average molecular weight is 306 g/mol. The van der Waals surface area contributed by atoms with Crippen molar-refractivity contribution in [2.24, 2.45) is 0 Å². The van der Waals surface area contributed by atoms with E-state index >= 15 is 0 Å². The Morgan fingerprint density at radius 2 is 2.00 bits per heavy atom. The highest BCUT2D eigenvalue weighted by atomic mass is 16.4. The number of nitrogens with one attached hydrogen (secondary N) is 1. The number of aromatic nitrogens is 5. The van der Waals surface area contributed by atoms with Gasteiger partial charge in [-0.2, -0.15) is 0 Å². The second-order valence-electron chi connectivity index (χ2n) is 5.11. The summed E-state index contributed by atoms with van der Waals surface area (Å²) in [6.07, 6.45) is 5.22. The molecule has 7 nitrogen and oxygen atoms in total. The highest BCUT2D eigenvalue weighted by molar-refractivity contribution is 5.52. The van der Waals surface area contributed by atoms with Gasteiger partial charge in [-0.15, -0.1) is 5.10 Å². The van der Waals surface area contributed by atoms with Gasteiger partial charge in [0.2, 0.25) is 5.89 Å². The van der Waals surface area contributed by atoms with Crippen LogP contribution in [0.5, 0.6) is 0 Å². The van der Waals surface area contributed by atoms with E-state index in [9.17, 15) is 0 Å². The van der Waals surface area contributed by atoms with Crippen LogP contribution >= 0.6 is 0 Å². The first-order valence-electron chi connectivity index (χ1n) is 7.21. The van der Waals surface area contributed by atoms with E-state index in [2.05, 4.69) is 29.9 Å². The maximum Gasteiger partial charge on any atom is 0.316 e. The van der Waals surface area contributed by atoms with Crippen LogP contribution in [0, 0.1) is 6.92 Å². The van der Waals surface area contributed by atoms with Crippen molar-refractivity contribution in [3.8, 4) is 11.5 Å². The molecule has 0 spiro atoms. The van der Waals surface area contributed by atoms with Gasteiger partial charge in [0.05, 0.1) is 18.4 Å². The molecule has 4 rings (SSSR count). The van der Waals surface area contributed by atoms with E-state index in [0.717, 1.165) is 22.6 Å². The number of rotatable bonds is 4. The molecule has 4 aromatic heterocycles. The van der Waals surface area contributed by atoms with Crippen molar-refractivity contribution in [1.29, 1.82) is 0 Å². The Morgan fingerprint density at radius 3 is 2.87 bits per heavy atom. The summed E-state index contributed by atoms with van der Waals surface area (Å²) in [4.78, 5) is 8.36. The van der Waals surface area contributed by atoms with Gasteiger partial charge in [0.1, 0.15) is 5.65 Å². The van der Waals surface area contributed by atoms with Crippen LogP contribution in [0.25, 0.3) is 17.1 Å². The minimum Gasteiger partial charge on any atom is -0.403 e. The molecule has 1 N–H and O–H groups in total. The molecule has 0 bridgehead atoms. The van der Waals surface area contributed by atoms with Crippen molar-refractivity contribution >= 4 is 11.7 Å². The maximum absolute atomic E-state index is 5.62. The normalized spacial score (nSPS) is 11.0. The van der Waals surface area contributed by atoms with E-state index in [1.807, 2.05) is 43.5 Å². The van der Waals surface area contributed by atoms with E-state index in [0.29, 0.717) is 18.5 Å². The minimum atomic E-state index is 0.375. The zero-order chi connectivity index (χ0) is 15.6. The molecule has 0 unspecified atom stereocenters. The van der Waals surface area contributed by atoms with E-state index in [-0.39, 0.29) is 0 Å². The van der Waals surface area contributed by atoms with Gasteiger partial charge < -0.3 is 9.73 Å². The monoisotopic (exact) mass is 306 g/mol. The summed E-state index contributed by atoms with van der Waals surface area (Å²) >= 11 is 0. The standard InChI is InChI=1S/C16H14N6O/c1-11-3-2-4-14-18-9-13(22(11)14)10-19-16-21-20-15(23-16)12-5-7-17-8-6-12/h2-9H,10H2,1H3,(H,19,21). The Bertz CT molecular complexity index is 944. The number of fused-ring (bicyclic) bond motifs is 1. The summed E-state index contributed by atoms with van der Waals surface area (Å²) in [6, 6.07) is 10.0. The first kappa shape index (κ1) is 13.4. The fourth-order valence-electron chi connectivity index (χ4n) is 2.47. The Balaban J connectivity index is 1.54. The van der Waals surface area contributed by atoms with Crippen molar-refractivity contribution < 1.29 is 4.42 Å². The maximum atomic E-state index is 5.62. The second kappa shape index (κ2) is 5.53. The van der Waals surface area contributed by atoms with Gasteiger partial charge >= 0.3 is 6.01 Å². The van der Waals surface area contributed by atoms with Gasteiger partial charge in [-0.1, -0.05) is 11.2 Å². The number of imidazole rings is 1. The number of nitrogens with zero attached hydrogens (tertiary/aromatic N) is 5. The third-order valence-corrected chi connectivity index (χ3v) is 3.57. The predicted molar refractivity (Wildman–Crippen MR) is 84.8 cm³/mol. The van der Waals surface area contributed by atoms with Crippen LogP contribution in [-0.4, -0.2) is 24.6 Å². The molecule has 7 heteroatoms. The van der Waals surface area contributed by atoms with E-state index in [4.69, 9.17) is 4.42 Å². The molecule has 0 saturated heterocycles. The molecule has 0 saturated carbocycles. The summed E-state index contributed by atoms with van der Waals surface area (Å²) in [5.41, 5.74) is 3.91. The molecule has 0 aromatic carbocycles. The van der Waals surface area contributed by atoms with Crippen molar-refractivity contribution in [2.75, 3.05) is 5.32 Å². The lowest BCUT2D eigenvalue weighted by molar-refractivity contribution is 0.580. The lowest BCUT2D eigenvalue weighted by atomic mass is 10.3. The Hall–Kier alpha value is -3.22. The molecule has 0 atom stereocenters. The zero-order valence-corrected chi connectivity index (χ0v) is 12.5. The van der Waals surface area contributed by atoms with Gasteiger partial charge in [-0.05, 0) is 31.2 Å². The highest BCUT2D eigenvalue weighted by Crippen LogP contribution is 2.19. The minimum absolute atomic E-state index is 0.375. The van der Waals surface area contributed by atoms with Crippen molar-refractivity contribution in [2.45, 2.75) is 13.5 Å². The quantitative estimate of drug-likeness (QED) is 0.624. The lowest BCUT2D eigenvalue weighted by Crippen LogP contribution is -2.04. The first-order chi connectivity index (χ1) is 11.3. The SMILES string of the molecule is Cc1cccc2ncc(CNc3nnc(-c4ccncc4)o3)n12. The number of pyridine rings is 2. The third kappa shape index (κ3) is 2.52. The smallest absolute Gasteiger partial charge is 0.316 e. The van der Waals surface area contributed by atoms with Crippen LogP contribution in [0.3, 0.4) is 0 Å². The molecule has 0 radical (unpaired) electrons. The van der Waals surface area contributed by atoms with Crippen LogP contribution < -0.4 is 5.32 Å². The van der Waals surface area contributed by atoms with Crippen LogP contribution in [0.4, 0.5) is 6.01 Å². The molecule has 4 heterocycles. The van der Waals surface area contributed by atoms with Crippen LogP contribution in [0.1, 0.15) is 11.4 Å². The van der Waals surface area contributed by atoms with Crippen molar-refractivity contribution in [3.05, 3.63) is 60.3 Å². The summed E-state index contributed by atoms with van der Waals surface area (Å²) in [5.74, 6) is 0.462. The average Bonchev–Trinajstić information content (AvgIpc) is 3.21. The number of hydrogen-bond acceptors (Lipinski definition) is 6. The lowest BCUT2D eigenvalue weighted by Gasteiger charge is -2.05. The van der Waals surface area contributed by atoms with Gasteiger partial charge in [0.25, 0.3) is 0 Å². The third-order valence-electron chi connectivity index (χ3n) is 3.57. The molecule has 0 aliphatic carbocycles. The molecular weight excluding hydrogens is 292 g/mol. The zero-order valence-electron chi connectivity index (χ0n) is 12.5. The number of hydrogen-bond donors (Lipinski definition) is 1. The predicted octanol–water partition coefficient (Wildman–Crippen LogP) is 2.70. The topological polar surface area (TPSA) is 81.1 Å². The molecule has 0 fully saturated rings. The molecule has 114 valence electrons. The van der Waals surface area contributed by atoms with Crippen LogP contribution in [-0.2, 0) is 6.54 Å². The fraction of sp³-hybridized carbons (Fsp3) is 0.125. The molecule has 0 aliphatic rings. The molecule has 23 heavy (non-hydrogen) atoms. The summed E-state index contributed by atoms with van der Waals surface area (Å²) in [7, 11) is 0. The Morgan fingerprint density at radius 1 is 1.13 bits per heavy atom. The second-order valence-corrected chi connectivity index (χ2v) is 5.11. The van der Waals surface area contributed by atoms with Crippen LogP contribution in [0.15, 0.2) is 53.3 Å². The number of aryl methyl sites for hydroxylation is 1. The molecule has 0 aliphatic heterocycles. The van der Waals surface area contributed by atoms with E-state index < -0.39 is 0 Å². The summed E-state index contributed by atoms with van der Waals surface area (Å²) in [5, 5.41) is 11.2. The Labute approximate surface area is 132 Å². The van der Waals surface area contributed by atoms with Gasteiger partial charge in [-0.25, -0.2) is 4.98 Å². The van der Waals surface area contributed by atoms with Gasteiger partial charge in [0, 0.05) is 23.7 Å². The largest absolute Gasteiger partial charge is 0.403 e. The van der Waals surface area contributed by atoms with Gasteiger partial charge in [-0.3, -0.25) is 9.38 Å². The van der Waals surface area contributed by atoms with Gasteiger partial charge in [0.15, 0.2) is 0 Å².